The molecule has 0 bridgehead atoms. The molecule has 0 unspecified atom stereocenters. The Morgan fingerprint density at radius 3 is 2.82 bits per heavy atom. The molecule has 0 aliphatic rings. The van der Waals surface area contributed by atoms with Crippen LogP contribution in [0.15, 0.2) is 54.7 Å². The molecule has 1 amide bonds. The average molecular weight is 294 g/mol. The lowest BCUT2D eigenvalue weighted by molar-refractivity contribution is -0.116. The summed E-state index contributed by atoms with van der Waals surface area (Å²) in [5.74, 6) is -0.0169. The lowest BCUT2D eigenvalue weighted by Gasteiger charge is -2.09. The van der Waals surface area contributed by atoms with E-state index in [2.05, 4.69) is 16.0 Å². The van der Waals surface area contributed by atoms with E-state index in [-0.39, 0.29) is 11.7 Å². The molecule has 1 aromatic heterocycles. The van der Waals surface area contributed by atoms with E-state index in [0.29, 0.717) is 18.7 Å². The zero-order valence-electron chi connectivity index (χ0n) is 12.4. The number of hydrogen-bond acceptors (Lipinski definition) is 2. The summed E-state index contributed by atoms with van der Waals surface area (Å²) in [6, 6.07) is 15.3. The van der Waals surface area contributed by atoms with Gasteiger partial charge in [0.05, 0.1) is 5.69 Å². The monoisotopic (exact) mass is 294 g/mol. The van der Waals surface area contributed by atoms with Gasteiger partial charge >= 0.3 is 0 Å². The standard InChI is InChI=1S/C18H18N2O2/c1-13-6-7-15(17(21)12-13)19-18(22)9-11-20-10-8-14-4-2-3-5-16(14)20/h2-8,10,12,21H,9,11H2,1H3,(H,19,22). The minimum atomic E-state index is -0.114. The molecule has 22 heavy (non-hydrogen) atoms. The molecule has 0 spiro atoms. The number of carbonyl (C=O) groups is 1. The first kappa shape index (κ1) is 14.2. The number of benzene rings is 2. The minimum Gasteiger partial charge on any atom is -0.506 e. The van der Waals surface area contributed by atoms with Crippen molar-refractivity contribution in [3.63, 3.8) is 0 Å². The number of carbonyl (C=O) groups excluding carboxylic acids is 1. The first-order chi connectivity index (χ1) is 10.6. The molecule has 2 aromatic carbocycles. The summed E-state index contributed by atoms with van der Waals surface area (Å²) in [5.41, 5.74) is 2.52. The Balaban J connectivity index is 1.65. The van der Waals surface area contributed by atoms with Crippen LogP contribution in [0.1, 0.15) is 12.0 Å². The molecule has 0 aliphatic carbocycles. The van der Waals surface area contributed by atoms with Crippen LogP contribution in [0.2, 0.25) is 0 Å². The van der Waals surface area contributed by atoms with Gasteiger partial charge in [-0.2, -0.15) is 0 Å². The average Bonchev–Trinajstić information content (AvgIpc) is 2.91. The number of phenols is 1. The molecule has 0 fully saturated rings. The normalized spacial score (nSPS) is 10.8. The number of fused-ring (bicyclic) bond motifs is 1. The second-order valence-corrected chi connectivity index (χ2v) is 5.39. The Morgan fingerprint density at radius 1 is 1.18 bits per heavy atom. The Bertz CT molecular complexity index is 821. The number of phenolic OH excluding ortho intramolecular Hbond substituents is 1. The van der Waals surface area contributed by atoms with Gasteiger partial charge in [0.25, 0.3) is 0 Å². The van der Waals surface area contributed by atoms with Crippen molar-refractivity contribution >= 4 is 22.5 Å². The van der Waals surface area contributed by atoms with Gasteiger partial charge in [-0.3, -0.25) is 4.79 Å². The highest BCUT2D eigenvalue weighted by Gasteiger charge is 2.07. The maximum absolute atomic E-state index is 12.0. The number of aromatic hydroxyl groups is 1. The van der Waals surface area contributed by atoms with Gasteiger partial charge in [0, 0.05) is 24.7 Å². The molecule has 4 heteroatoms. The molecule has 0 saturated carbocycles. The fraction of sp³-hybridized carbons (Fsp3) is 0.167. The molecule has 3 aromatic rings. The topological polar surface area (TPSA) is 54.3 Å². The van der Waals surface area contributed by atoms with E-state index in [4.69, 9.17) is 0 Å². The van der Waals surface area contributed by atoms with Crippen LogP contribution >= 0.6 is 0 Å². The van der Waals surface area contributed by atoms with Gasteiger partial charge in [0.15, 0.2) is 0 Å². The molecule has 3 rings (SSSR count). The predicted octanol–water partition coefficient (Wildman–Crippen LogP) is 3.68. The van der Waals surface area contributed by atoms with E-state index in [9.17, 15) is 9.90 Å². The fourth-order valence-corrected chi connectivity index (χ4v) is 2.52. The highest BCUT2D eigenvalue weighted by atomic mass is 16.3. The van der Waals surface area contributed by atoms with E-state index < -0.39 is 0 Å². The highest BCUT2D eigenvalue weighted by Crippen LogP contribution is 2.24. The number of hydrogen-bond donors (Lipinski definition) is 2. The third kappa shape index (κ3) is 2.96. The molecular formula is C18H18N2O2. The van der Waals surface area contributed by atoms with Crippen LogP contribution in [-0.4, -0.2) is 15.6 Å². The Morgan fingerprint density at radius 2 is 2.00 bits per heavy atom. The van der Waals surface area contributed by atoms with Gasteiger partial charge in [0.2, 0.25) is 5.91 Å². The number of anilines is 1. The van der Waals surface area contributed by atoms with Gasteiger partial charge < -0.3 is 15.0 Å². The number of nitrogens with zero attached hydrogens (tertiary/aromatic N) is 1. The van der Waals surface area contributed by atoms with Gasteiger partial charge in [-0.25, -0.2) is 0 Å². The van der Waals surface area contributed by atoms with E-state index >= 15 is 0 Å². The van der Waals surface area contributed by atoms with Crippen LogP contribution in [0.4, 0.5) is 5.69 Å². The smallest absolute Gasteiger partial charge is 0.226 e. The summed E-state index contributed by atoms with van der Waals surface area (Å²) in [5, 5.41) is 13.7. The second-order valence-electron chi connectivity index (χ2n) is 5.39. The van der Waals surface area contributed by atoms with Crippen LogP contribution in [0.5, 0.6) is 5.75 Å². The summed E-state index contributed by atoms with van der Waals surface area (Å²) >= 11 is 0. The Kier molecular flexibility index (Phi) is 3.83. The van der Waals surface area contributed by atoms with Crippen molar-refractivity contribution in [1.82, 2.24) is 4.57 Å². The van der Waals surface area contributed by atoms with Crippen LogP contribution < -0.4 is 5.32 Å². The third-order valence-electron chi connectivity index (χ3n) is 3.69. The minimum absolute atomic E-state index is 0.0970. The molecule has 0 radical (unpaired) electrons. The molecule has 4 nitrogen and oxygen atoms in total. The first-order valence-corrected chi connectivity index (χ1v) is 7.27. The van der Waals surface area contributed by atoms with Crippen molar-refractivity contribution in [2.24, 2.45) is 0 Å². The predicted molar refractivity (Wildman–Crippen MR) is 88.0 cm³/mol. The lowest BCUT2D eigenvalue weighted by Crippen LogP contribution is -2.14. The first-order valence-electron chi connectivity index (χ1n) is 7.27. The van der Waals surface area contributed by atoms with Crippen LogP contribution in [0.25, 0.3) is 10.9 Å². The van der Waals surface area contributed by atoms with Crippen molar-refractivity contribution in [3.05, 3.63) is 60.3 Å². The Hall–Kier alpha value is -2.75. The van der Waals surface area contributed by atoms with Crippen molar-refractivity contribution < 1.29 is 9.90 Å². The van der Waals surface area contributed by atoms with E-state index in [1.807, 2.05) is 43.5 Å². The van der Waals surface area contributed by atoms with Crippen LogP contribution in [0.3, 0.4) is 0 Å². The lowest BCUT2D eigenvalue weighted by atomic mass is 10.2. The van der Waals surface area contributed by atoms with Crippen molar-refractivity contribution in [1.29, 1.82) is 0 Å². The van der Waals surface area contributed by atoms with Crippen molar-refractivity contribution in [3.8, 4) is 5.75 Å². The largest absolute Gasteiger partial charge is 0.506 e. The molecule has 0 saturated heterocycles. The number of rotatable bonds is 4. The van der Waals surface area contributed by atoms with Gasteiger partial charge in [0.1, 0.15) is 5.75 Å². The number of aryl methyl sites for hydroxylation is 2. The summed E-state index contributed by atoms with van der Waals surface area (Å²) in [6.07, 6.45) is 2.34. The number of aromatic nitrogens is 1. The van der Waals surface area contributed by atoms with E-state index in [1.54, 1.807) is 12.1 Å². The third-order valence-corrected chi connectivity index (χ3v) is 3.69. The van der Waals surface area contributed by atoms with Crippen molar-refractivity contribution in [2.75, 3.05) is 5.32 Å². The Labute approximate surface area is 129 Å². The van der Waals surface area contributed by atoms with Gasteiger partial charge in [-0.15, -0.1) is 0 Å². The summed E-state index contributed by atoms with van der Waals surface area (Å²) in [7, 11) is 0. The maximum atomic E-state index is 12.0. The second kappa shape index (κ2) is 5.93. The summed E-state index contributed by atoms with van der Waals surface area (Å²) in [4.78, 5) is 12.0. The fourth-order valence-electron chi connectivity index (χ4n) is 2.52. The van der Waals surface area contributed by atoms with Gasteiger partial charge in [-0.1, -0.05) is 24.3 Å². The zero-order valence-corrected chi connectivity index (χ0v) is 12.4. The molecular weight excluding hydrogens is 276 g/mol. The SMILES string of the molecule is Cc1ccc(NC(=O)CCn2ccc3ccccc32)c(O)c1. The van der Waals surface area contributed by atoms with Crippen LogP contribution in [-0.2, 0) is 11.3 Å². The highest BCUT2D eigenvalue weighted by molar-refractivity contribution is 5.92. The molecule has 0 atom stereocenters. The van der Waals surface area contributed by atoms with Crippen LogP contribution in [0, 0.1) is 6.92 Å². The number of para-hydroxylation sites is 1. The quantitative estimate of drug-likeness (QED) is 0.721. The number of amides is 1. The number of nitrogens with one attached hydrogen (secondary N) is 1. The molecule has 0 aliphatic heterocycles. The summed E-state index contributed by atoms with van der Waals surface area (Å²) < 4.78 is 2.06. The molecule has 1 heterocycles. The van der Waals surface area contributed by atoms with E-state index in [0.717, 1.165) is 11.1 Å². The molecule has 2 N–H and O–H groups in total. The van der Waals surface area contributed by atoms with Crippen molar-refractivity contribution in [2.45, 2.75) is 19.9 Å². The zero-order chi connectivity index (χ0) is 15.5. The van der Waals surface area contributed by atoms with E-state index in [1.165, 1.54) is 5.39 Å². The maximum Gasteiger partial charge on any atom is 0.226 e. The summed E-state index contributed by atoms with van der Waals surface area (Å²) in [6.45, 7) is 2.49. The molecule has 112 valence electrons. The van der Waals surface area contributed by atoms with Gasteiger partial charge in [-0.05, 0) is 42.1 Å².